The Morgan fingerprint density at radius 2 is 1.87 bits per heavy atom. The smallest absolute Gasteiger partial charge is 0.245 e. The third-order valence-electron chi connectivity index (χ3n) is 11.8. The van der Waals surface area contributed by atoms with E-state index >= 15 is 0 Å². The predicted molar refractivity (Wildman–Crippen MR) is 208 cm³/mol. The number of aliphatic hydroxyl groups is 2. The summed E-state index contributed by atoms with van der Waals surface area (Å²) in [6, 6.07) is 12.8. The molecule has 3 heterocycles. The molecule has 1 saturated carbocycles. The van der Waals surface area contributed by atoms with E-state index in [1.165, 1.54) is 4.31 Å². The predicted octanol–water partition coefficient (Wildman–Crippen LogP) is 6.42. The summed E-state index contributed by atoms with van der Waals surface area (Å²) in [7, 11) is -2.69. The summed E-state index contributed by atoms with van der Waals surface area (Å²) in [6.45, 7) is 4.74. The number of unbranched alkanes of at least 4 members (excludes halogenated alkanes) is 2. The first-order valence-electron chi connectivity index (χ1n) is 19.6. The molecular formula is C42H53N3O9S. The first kappa shape index (κ1) is 39.4. The molecule has 0 amide bonds. The van der Waals surface area contributed by atoms with Crippen molar-refractivity contribution in [3.8, 4) is 11.5 Å². The van der Waals surface area contributed by atoms with E-state index < -0.39 is 34.1 Å². The minimum atomic E-state index is -4.25. The van der Waals surface area contributed by atoms with Crippen LogP contribution in [-0.2, 0) is 24.3 Å². The van der Waals surface area contributed by atoms with Crippen LogP contribution in [0, 0.1) is 17.8 Å². The van der Waals surface area contributed by atoms with Gasteiger partial charge < -0.3 is 34.4 Å². The lowest BCUT2D eigenvalue weighted by Crippen LogP contribution is -2.69. The number of para-hydroxylation sites is 1. The van der Waals surface area contributed by atoms with Crippen molar-refractivity contribution in [3.05, 3.63) is 84.6 Å². The van der Waals surface area contributed by atoms with Crippen LogP contribution in [0.15, 0.2) is 89.1 Å². The lowest BCUT2D eigenvalue weighted by atomic mass is 9.55. The average Bonchev–Trinajstić information content (AvgIpc) is 3.20. The molecule has 3 N–H and O–H groups in total. The van der Waals surface area contributed by atoms with Gasteiger partial charge in [-0.05, 0) is 86.3 Å². The highest BCUT2D eigenvalue weighted by Gasteiger charge is 2.65. The van der Waals surface area contributed by atoms with Crippen LogP contribution in [0.4, 0.5) is 0 Å². The van der Waals surface area contributed by atoms with Crippen molar-refractivity contribution in [2.45, 2.75) is 93.1 Å². The molecule has 0 radical (unpaired) electrons. The Morgan fingerprint density at radius 1 is 1.07 bits per heavy atom. The fourth-order valence-electron chi connectivity index (χ4n) is 9.24. The fourth-order valence-corrected chi connectivity index (χ4v) is 10.8. The highest BCUT2D eigenvalue weighted by Crippen LogP contribution is 2.62. The maximum atomic E-state index is 15.0. The Balaban J connectivity index is 1.44. The molecule has 1 unspecified atom stereocenters. The number of rotatable bonds is 16. The van der Waals surface area contributed by atoms with Crippen molar-refractivity contribution in [3.63, 3.8) is 0 Å². The van der Waals surface area contributed by atoms with E-state index in [-0.39, 0.29) is 54.6 Å². The monoisotopic (exact) mass is 775 g/mol. The summed E-state index contributed by atoms with van der Waals surface area (Å²) in [6.07, 6.45) is 12.0. The van der Waals surface area contributed by atoms with Crippen molar-refractivity contribution in [1.29, 1.82) is 0 Å². The highest BCUT2D eigenvalue weighted by molar-refractivity contribution is 7.89. The van der Waals surface area contributed by atoms with Crippen LogP contribution in [0.5, 0.6) is 11.5 Å². The molecule has 0 bridgehead atoms. The van der Waals surface area contributed by atoms with E-state index in [1.807, 2.05) is 12.1 Å². The van der Waals surface area contributed by atoms with E-state index in [0.717, 1.165) is 49.7 Å². The van der Waals surface area contributed by atoms with Crippen molar-refractivity contribution < 1.29 is 42.8 Å². The van der Waals surface area contributed by atoms with Crippen molar-refractivity contribution in [2.75, 3.05) is 33.5 Å². The van der Waals surface area contributed by atoms with E-state index in [2.05, 4.69) is 17.6 Å². The van der Waals surface area contributed by atoms with Gasteiger partial charge in [-0.15, -0.1) is 6.58 Å². The Morgan fingerprint density at radius 3 is 2.64 bits per heavy atom. The van der Waals surface area contributed by atoms with Crippen molar-refractivity contribution >= 4 is 26.6 Å². The summed E-state index contributed by atoms with van der Waals surface area (Å²) < 4.78 is 51.2. The molecule has 1 saturated heterocycles. The number of hydrogen-bond acceptors (Lipinski definition) is 11. The number of pyridine rings is 1. The number of aromatic hydroxyl groups is 1. The Hall–Kier alpha value is -3.85. The number of allylic oxidation sites excluding steroid dienone is 1. The number of nitrogens with zero attached hydrogens (tertiary/aromatic N) is 3. The van der Waals surface area contributed by atoms with E-state index in [9.17, 15) is 23.7 Å². The van der Waals surface area contributed by atoms with Gasteiger partial charge in [-0.25, -0.2) is 8.42 Å². The number of fused-ring (bicyclic) bond motifs is 3. The Labute approximate surface area is 323 Å². The minimum absolute atomic E-state index is 0.0121. The van der Waals surface area contributed by atoms with Crippen LogP contribution in [0.25, 0.3) is 10.9 Å². The molecule has 2 aliphatic heterocycles. The van der Waals surface area contributed by atoms with Gasteiger partial charge >= 0.3 is 0 Å². The molecule has 1 aromatic heterocycles. The number of aliphatic hydroxyl groups excluding tert-OH is 2. The third-order valence-corrected chi connectivity index (χ3v) is 13.7. The zero-order valence-electron chi connectivity index (χ0n) is 31.5. The standard InChI is InChI=1S/C42H53N3O9S/c1-3-23-52-42-37(45(2)55(49,50)36-16-10-13-28-14-11-20-43-41(28)36)27-34(44-54-38-17-6-9-24-51-38)32-25-29(12-4-7-21-46)31(15-5-8-22-47)39(40(32)42)33-26-30(48)18-19-35(33)53-42/h3,10-11,13-14,16,18-20,25-26,29,31,37-40,46-48H,1,4-9,12,15,17,21-24,27H2,2H3/t29-,31+,37-,38?,39+,40+,42+/m0/s1. The molecule has 4 aliphatic rings. The number of benzene rings is 2. The minimum Gasteiger partial charge on any atom is -0.508 e. The summed E-state index contributed by atoms with van der Waals surface area (Å²) in [5, 5.41) is 36.0. The van der Waals surface area contributed by atoms with Gasteiger partial charge in [0.2, 0.25) is 22.1 Å². The Kier molecular flexibility index (Phi) is 12.3. The van der Waals surface area contributed by atoms with Gasteiger partial charge in [-0.2, -0.15) is 4.31 Å². The summed E-state index contributed by atoms with van der Waals surface area (Å²) in [5.41, 5.74) is 2.59. The van der Waals surface area contributed by atoms with Gasteiger partial charge in [-0.1, -0.05) is 48.3 Å². The van der Waals surface area contributed by atoms with Crippen LogP contribution in [0.2, 0.25) is 0 Å². The lowest BCUT2D eigenvalue weighted by molar-refractivity contribution is -0.250. The Bertz CT molecular complexity index is 1990. The van der Waals surface area contributed by atoms with Gasteiger partial charge in [0.15, 0.2) is 0 Å². The molecule has 2 fully saturated rings. The molecule has 296 valence electrons. The lowest BCUT2D eigenvalue weighted by Gasteiger charge is -2.59. The SMILES string of the molecule is C=CCO[C@@]12Oc3ccc(O)cc3[C@H]3[C@H](CCCCO)[C@@H](CCCCO)C=C(C(=NOC4CCCCO4)C[C@@H]1N(C)S(=O)(=O)c1cccc4cccnc14)[C@H]32. The zero-order chi connectivity index (χ0) is 38.6. The number of aromatic nitrogens is 1. The summed E-state index contributed by atoms with van der Waals surface area (Å²) in [5.74, 6) is -1.86. The van der Waals surface area contributed by atoms with Crippen molar-refractivity contribution in [2.24, 2.45) is 22.9 Å². The largest absolute Gasteiger partial charge is 0.508 e. The second kappa shape index (κ2) is 17.1. The first-order valence-corrected chi connectivity index (χ1v) is 21.0. The fraction of sp³-hybridized carbons (Fsp3) is 0.524. The van der Waals surface area contributed by atoms with Crippen molar-refractivity contribution in [1.82, 2.24) is 9.29 Å². The van der Waals surface area contributed by atoms with Gasteiger partial charge in [-0.3, -0.25) is 4.98 Å². The second-order valence-electron chi connectivity index (χ2n) is 15.0. The molecule has 0 spiro atoms. The maximum Gasteiger partial charge on any atom is 0.245 e. The van der Waals surface area contributed by atoms with Crippen LogP contribution in [0.1, 0.15) is 75.7 Å². The summed E-state index contributed by atoms with van der Waals surface area (Å²) in [4.78, 5) is 10.7. The van der Waals surface area contributed by atoms with Crippen LogP contribution in [0.3, 0.4) is 0 Å². The van der Waals surface area contributed by atoms with E-state index in [4.69, 9.17) is 24.2 Å². The molecule has 55 heavy (non-hydrogen) atoms. The number of hydrogen-bond donors (Lipinski definition) is 3. The second-order valence-corrected chi connectivity index (χ2v) is 17.0. The number of likely N-dealkylation sites (N-methyl/N-ethyl adjacent to an activating group) is 1. The topological polar surface area (TPSA) is 160 Å². The van der Waals surface area contributed by atoms with E-state index in [0.29, 0.717) is 48.2 Å². The van der Waals surface area contributed by atoms with E-state index in [1.54, 1.807) is 55.7 Å². The van der Waals surface area contributed by atoms with Crippen LogP contribution in [-0.4, -0.2) is 90.3 Å². The number of sulfonamides is 1. The molecule has 3 aromatic rings. The molecule has 2 aliphatic carbocycles. The van der Waals surface area contributed by atoms with Crippen LogP contribution < -0.4 is 4.74 Å². The normalized spacial score (nSPS) is 28.3. The summed E-state index contributed by atoms with van der Waals surface area (Å²) >= 11 is 0. The molecule has 2 aromatic carbocycles. The van der Waals surface area contributed by atoms with Gasteiger partial charge in [0.05, 0.1) is 36.4 Å². The quantitative estimate of drug-likeness (QED) is 0.0842. The van der Waals surface area contributed by atoms with Gasteiger partial charge in [0, 0.05) is 56.2 Å². The highest BCUT2D eigenvalue weighted by atomic mass is 32.2. The molecular weight excluding hydrogens is 723 g/mol. The zero-order valence-corrected chi connectivity index (χ0v) is 32.3. The molecule has 13 heteroatoms. The molecule has 12 nitrogen and oxygen atoms in total. The molecule has 7 atom stereocenters. The number of oxime groups is 1. The van der Waals surface area contributed by atoms with Gasteiger partial charge in [0.1, 0.15) is 16.4 Å². The number of ether oxygens (including phenoxy) is 3. The average molecular weight is 776 g/mol. The first-order chi connectivity index (χ1) is 26.7. The van der Waals surface area contributed by atoms with Crippen LogP contribution >= 0.6 is 0 Å². The maximum absolute atomic E-state index is 15.0. The van der Waals surface area contributed by atoms with Gasteiger partial charge in [0.25, 0.3) is 0 Å². The number of phenols is 1. The number of phenolic OH excluding ortho intramolecular Hbond substituents is 1. The molecule has 7 rings (SSSR count). The third kappa shape index (κ3) is 7.67.